The van der Waals surface area contributed by atoms with Crippen molar-refractivity contribution >= 4 is 27.7 Å². The van der Waals surface area contributed by atoms with E-state index in [9.17, 15) is 18.0 Å². The number of hydrogen-bond acceptors (Lipinski definition) is 5. The van der Waals surface area contributed by atoms with Crippen LogP contribution in [0.1, 0.15) is 32.3 Å². The highest BCUT2D eigenvalue weighted by Crippen LogP contribution is 2.26. The van der Waals surface area contributed by atoms with Gasteiger partial charge in [-0.1, -0.05) is 30.3 Å². The zero-order chi connectivity index (χ0) is 22.4. The zero-order valence-electron chi connectivity index (χ0n) is 17.6. The second-order valence-electron chi connectivity index (χ2n) is 7.60. The van der Waals surface area contributed by atoms with Crippen LogP contribution in [0.4, 0.5) is 10.5 Å². The summed E-state index contributed by atoms with van der Waals surface area (Å²) in [4.78, 5) is 23.4. The van der Waals surface area contributed by atoms with Crippen LogP contribution in [-0.2, 0) is 26.2 Å². The maximum Gasteiger partial charge on any atom is 0.407 e. The van der Waals surface area contributed by atoms with E-state index in [1.165, 1.54) is 23.4 Å². The van der Waals surface area contributed by atoms with E-state index in [0.29, 0.717) is 25.1 Å². The third kappa shape index (κ3) is 6.05. The number of alkyl carbamates (subject to hydrolysis) is 1. The van der Waals surface area contributed by atoms with Crippen molar-refractivity contribution in [2.75, 3.05) is 11.9 Å². The Kier molecular flexibility index (Phi) is 7.29. The minimum atomic E-state index is -3.68. The average molecular weight is 446 g/mol. The lowest BCUT2D eigenvalue weighted by molar-refractivity contribution is -0.114. The number of nitrogens with zero attached hydrogens (tertiary/aromatic N) is 1. The van der Waals surface area contributed by atoms with Crippen molar-refractivity contribution in [3.63, 3.8) is 0 Å². The highest BCUT2D eigenvalue weighted by Gasteiger charge is 2.35. The van der Waals surface area contributed by atoms with Crippen molar-refractivity contribution in [1.82, 2.24) is 9.62 Å². The Morgan fingerprint density at radius 3 is 2.39 bits per heavy atom. The third-order valence-corrected chi connectivity index (χ3v) is 7.16. The highest BCUT2D eigenvalue weighted by atomic mass is 32.2. The van der Waals surface area contributed by atoms with Crippen LogP contribution < -0.4 is 10.6 Å². The van der Waals surface area contributed by atoms with E-state index in [1.807, 2.05) is 37.3 Å². The standard InChI is InChI=1S/C22H27N3O5S/c1-16-14-20(24-22(27)30-15-18-6-4-3-5-7-18)12-13-25(16)31(28,29)21-10-8-19(9-11-21)23-17(2)26/h3-11,16,20H,12-15H2,1-2H3,(H,23,26)(H,24,27)/t16-,20?/m0/s1. The smallest absolute Gasteiger partial charge is 0.407 e. The summed E-state index contributed by atoms with van der Waals surface area (Å²) >= 11 is 0. The fourth-order valence-electron chi connectivity index (χ4n) is 3.62. The summed E-state index contributed by atoms with van der Waals surface area (Å²) in [6, 6.07) is 15.1. The molecule has 0 aliphatic carbocycles. The maximum absolute atomic E-state index is 13.0. The molecule has 0 bridgehead atoms. The van der Waals surface area contributed by atoms with Gasteiger partial charge in [-0.25, -0.2) is 13.2 Å². The molecule has 1 saturated heterocycles. The Balaban J connectivity index is 1.55. The molecule has 3 rings (SSSR count). The number of carbonyl (C=O) groups excluding carboxylic acids is 2. The minimum absolute atomic E-state index is 0.160. The summed E-state index contributed by atoms with van der Waals surface area (Å²) in [5.41, 5.74) is 1.44. The number of ether oxygens (including phenoxy) is 1. The molecule has 0 spiro atoms. The molecular weight excluding hydrogens is 418 g/mol. The summed E-state index contributed by atoms with van der Waals surface area (Å²) in [5, 5.41) is 5.45. The molecule has 1 heterocycles. The van der Waals surface area contributed by atoms with Crippen LogP contribution in [0.2, 0.25) is 0 Å². The van der Waals surface area contributed by atoms with Crippen LogP contribution in [-0.4, -0.2) is 43.4 Å². The first-order valence-corrected chi connectivity index (χ1v) is 11.6. The molecule has 2 atom stereocenters. The molecule has 166 valence electrons. The number of nitrogens with one attached hydrogen (secondary N) is 2. The van der Waals surface area contributed by atoms with Gasteiger partial charge in [0.05, 0.1) is 4.90 Å². The second-order valence-corrected chi connectivity index (χ2v) is 9.49. The summed E-state index contributed by atoms with van der Waals surface area (Å²) in [5.74, 6) is -0.221. The largest absolute Gasteiger partial charge is 0.445 e. The van der Waals surface area contributed by atoms with Crippen LogP contribution in [0.3, 0.4) is 0 Å². The number of hydrogen-bond donors (Lipinski definition) is 2. The Labute approximate surface area is 182 Å². The molecule has 2 aromatic carbocycles. The lowest BCUT2D eigenvalue weighted by Crippen LogP contribution is -2.50. The number of benzene rings is 2. The van der Waals surface area contributed by atoms with E-state index in [4.69, 9.17) is 4.74 Å². The van der Waals surface area contributed by atoms with Gasteiger partial charge in [-0.05, 0) is 49.6 Å². The van der Waals surface area contributed by atoms with Crippen molar-refractivity contribution in [2.45, 2.75) is 50.3 Å². The second kappa shape index (κ2) is 9.93. The van der Waals surface area contributed by atoms with E-state index in [0.717, 1.165) is 5.56 Å². The average Bonchev–Trinajstić information content (AvgIpc) is 2.73. The number of carbonyl (C=O) groups is 2. The Morgan fingerprint density at radius 2 is 1.77 bits per heavy atom. The van der Waals surface area contributed by atoms with Gasteiger partial charge in [-0.3, -0.25) is 4.79 Å². The molecule has 2 amide bonds. The predicted octanol–water partition coefficient (Wildman–Crippen LogP) is 3.11. The maximum atomic E-state index is 13.0. The Morgan fingerprint density at radius 1 is 1.10 bits per heavy atom. The monoisotopic (exact) mass is 445 g/mol. The summed E-state index contributed by atoms with van der Waals surface area (Å²) in [7, 11) is -3.68. The van der Waals surface area contributed by atoms with Crippen molar-refractivity contribution < 1.29 is 22.7 Å². The molecule has 0 saturated carbocycles. The fraction of sp³-hybridized carbons (Fsp3) is 0.364. The van der Waals surface area contributed by atoms with Crippen LogP contribution in [0.5, 0.6) is 0 Å². The van der Waals surface area contributed by atoms with Gasteiger partial charge in [0.1, 0.15) is 6.61 Å². The van der Waals surface area contributed by atoms with Crippen LogP contribution >= 0.6 is 0 Å². The molecule has 0 aromatic heterocycles. The van der Waals surface area contributed by atoms with Gasteiger partial charge in [-0.15, -0.1) is 0 Å². The molecule has 8 nitrogen and oxygen atoms in total. The molecule has 9 heteroatoms. The van der Waals surface area contributed by atoms with E-state index in [1.54, 1.807) is 12.1 Å². The molecule has 1 aliphatic rings. The van der Waals surface area contributed by atoms with E-state index in [-0.39, 0.29) is 29.5 Å². The van der Waals surface area contributed by atoms with E-state index in [2.05, 4.69) is 10.6 Å². The quantitative estimate of drug-likeness (QED) is 0.711. The summed E-state index contributed by atoms with van der Waals surface area (Å²) in [6.07, 6.45) is 0.475. The number of rotatable bonds is 6. The van der Waals surface area contributed by atoms with Crippen LogP contribution in [0, 0.1) is 0 Å². The molecule has 1 aliphatic heterocycles. The van der Waals surface area contributed by atoms with E-state index >= 15 is 0 Å². The number of anilines is 1. The predicted molar refractivity (Wildman–Crippen MR) is 117 cm³/mol. The first kappa shape index (κ1) is 22.8. The van der Waals surface area contributed by atoms with Gasteiger partial charge in [-0.2, -0.15) is 4.31 Å². The highest BCUT2D eigenvalue weighted by molar-refractivity contribution is 7.89. The number of sulfonamides is 1. The third-order valence-electron chi connectivity index (χ3n) is 5.13. The normalized spacial score (nSPS) is 19.4. The first-order valence-electron chi connectivity index (χ1n) is 10.1. The number of piperidine rings is 1. The fourth-order valence-corrected chi connectivity index (χ4v) is 5.28. The molecule has 0 radical (unpaired) electrons. The SMILES string of the molecule is CC(=O)Nc1ccc(S(=O)(=O)N2CCC(NC(=O)OCc3ccccc3)C[C@@H]2C)cc1. The van der Waals surface area contributed by atoms with Gasteiger partial charge in [0, 0.05) is 31.2 Å². The van der Waals surface area contributed by atoms with Crippen molar-refractivity contribution in [3.05, 3.63) is 60.2 Å². The van der Waals surface area contributed by atoms with Gasteiger partial charge in [0.25, 0.3) is 0 Å². The molecule has 1 fully saturated rings. The molecule has 2 aromatic rings. The molecule has 1 unspecified atom stereocenters. The molecule has 2 N–H and O–H groups in total. The van der Waals surface area contributed by atoms with Crippen molar-refractivity contribution in [2.24, 2.45) is 0 Å². The van der Waals surface area contributed by atoms with Crippen LogP contribution in [0.15, 0.2) is 59.5 Å². The molecular formula is C22H27N3O5S. The zero-order valence-corrected chi connectivity index (χ0v) is 18.4. The topological polar surface area (TPSA) is 105 Å². The first-order chi connectivity index (χ1) is 14.8. The van der Waals surface area contributed by atoms with Gasteiger partial charge < -0.3 is 15.4 Å². The lowest BCUT2D eigenvalue weighted by Gasteiger charge is -2.36. The van der Waals surface area contributed by atoms with Gasteiger partial charge >= 0.3 is 6.09 Å². The summed E-state index contributed by atoms with van der Waals surface area (Å²) in [6.45, 7) is 3.69. The minimum Gasteiger partial charge on any atom is -0.445 e. The Hall–Kier alpha value is -2.91. The van der Waals surface area contributed by atoms with E-state index < -0.39 is 16.1 Å². The van der Waals surface area contributed by atoms with Crippen molar-refractivity contribution in [1.29, 1.82) is 0 Å². The Bertz CT molecular complexity index is 1010. The summed E-state index contributed by atoms with van der Waals surface area (Å²) < 4.78 is 32.8. The lowest BCUT2D eigenvalue weighted by atomic mass is 10.0. The number of amides is 2. The van der Waals surface area contributed by atoms with Crippen molar-refractivity contribution in [3.8, 4) is 0 Å². The van der Waals surface area contributed by atoms with Gasteiger partial charge in [0.2, 0.25) is 15.9 Å². The molecule has 31 heavy (non-hydrogen) atoms. The van der Waals surface area contributed by atoms with Crippen LogP contribution in [0.25, 0.3) is 0 Å². The van der Waals surface area contributed by atoms with Gasteiger partial charge in [0.15, 0.2) is 0 Å².